The topological polar surface area (TPSA) is 95.2 Å². The monoisotopic (exact) mass is 540 g/mol. The van der Waals surface area contributed by atoms with Gasteiger partial charge in [-0.05, 0) is 61.4 Å². The molecule has 0 aromatic carbocycles. The van der Waals surface area contributed by atoms with Gasteiger partial charge in [0.15, 0.2) is 0 Å². The summed E-state index contributed by atoms with van der Waals surface area (Å²) < 4.78 is 5.08. The molecule has 0 saturated carbocycles. The smallest absolute Gasteiger partial charge is 0.131 e. The quantitative estimate of drug-likeness (QED) is 0.212. The van der Waals surface area contributed by atoms with Crippen LogP contribution in [0.15, 0.2) is 35.4 Å². The fourth-order valence-electron chi connectivity index (χ4n) is 3.67. The van der Waals surface area contributed by atoms with Gasteiger partial charge < -0.3 is 0 Å². The molecule has 0 fully saturated rings. The van der Waals surface area contributed by atoms with Crippen molar-refractivity contribution in [3.8, 4) is 43.8 Å². The average molecular weight is 541 g/mol. The summed E-state index contributed by atoms with van der Waals surface area (Å²) in [5.74, 6) is 0. The summed E-state index contributed by atoms with van der Waals surface area (Å²) in [6.07, 6.45) is 3.29. The summed E-state index contributed by atoms with van der Waals surface area (Å²) in [7, 11) is 0. The van der Waals surface area contributed by atoms with E-state index in [1.807, 2.05) is 36.4 Å². The first-order valence-electron chi connectivity index (χ1n) is 10.1. The van der Waals surface area contributed by atoms with Crippen LogP contribution in [0.25, 0.3) is 50.5 Å². The summed E-state index contributed by atoms with van der Waals surface area (Å²) in [5.41, 5.74) is 2.49. The predicted molar refractivity (Wildman–Crippen MR) is 150 cm³/mol. The molecule has 0 unspecified atom stereocenters. The lowest BCUT2D eigenvalue weighted by Crippen LogP contribution is -1.69. The van der Waals surface area contributed by atoms with Gasteiger partial charge in [-0.2, -0.15) is 21.0 Å². The molecule has 0 aliphatic carbocycles. The molecule has 35 heavy (non-hydrogen) atoms. The maximum atomic E-state index is 9.05. The number of aryl methyl sites for hydroxylation is 2. The molecule has 0 saturated heterocycles. The van der Waals surface area contributed by atoms with Crippen LogP contribution in [0.3, 0.4) is 0 Å². The third-order valence-corrected chi connectivity index (χ3v) is 11.7. The minimum absolute atomic E-state index is 0.108. The first-order valence-corrected chi connectivity index (χ1v) is 14.2. The fourth-order valence-corrected chi connectivity index (χ4v) is 10.3. The standard InChI is InChI=1S/C26H12N4S5/c1-13-3-17(5-15(9-27)10-28)31-23(13)19-7-21-25(34-19)26-22(33-21)8-20(35-26)24-14(2)4-18(32-24)6-16(11-29)12-30/h3-8H,1-2H3. The summed E-state index contributed by atoms with van der Waals surface area (Å²) >= 11 is 8.55. The lowest BCUT2D eigenvalue weighted by Gasteiger charge is -1.93. The van der Waals surface area contributed by atoms with Crippen molar-refractivity contribution in [1.82, 2.24) is 0 Å². The first kappa shape index (κ1) is 23.2. The molecule has 0 aliphatic heterocycles. The molecule has 5 aromatic heterocycles. The predicted octanol–water partition coefficient (Wildman–Crippen LogP) is 9.11. The zero-order chi connectivity index (χ0) is 24.7. The van der Waals surface area contributed by atoms with E-state index in [1.54, 1.807) is 68.8 Å². The highest BCUT2D eigenvalue weighted by Gasteiger charge is 2.18. The van der Waals surface area contributed by atoms with E-state index in [9.17, 15) is 0 Å². The number of hydrogen-bond acceptors (Lipinski definition) is 9. The molecule has 166 valence electrons. The zero-order valence-corrected chi connectivity index (χ0v) is 22.4. The molecule has 0 radical (unpaired) electrons. The zero-order valence-electron chi connectivity index (χ0n) is 18.3. The number of thiophene rings is 5. The summed E-state index contributed by atoms with van der Waals surface area (Å²) in [6.45, 7) is 4.12. The number of fused-ring (bicyclic) bond motifs is 3. The molecular weight excluding hydrogens is 529 g/mol. The van der Waals surface area contributed by atoms with Crippen molar-refractivity contribution in [2.45, 2.75) is 13.8 Å². The highest BCUT2D eigenvalue weighted by molar-refractivity contribution is 7.41. The van der Waals surface area contributed by atoms with Crippen LogP contribution in [-0.4, -0.2) is 0 Å². The van der Waals surface area contributed by atoms with Gasteiger partial charge in [0.2, 0.25) is 0 Å². The Morgan fingerprint density at radius 2 is 1.00 bits per heavy atom. The SMILES string of the molecule is Cc1cc(C=C(C#N)C#N)sc1-c1cc2sc3cc(-c4sc(C=C(C#N)C#N)cc4C)sc3c2s1. The Kier molecular flexibility index (Phi) is 6.13. The number of allylic oxidation sites excluding steroid dienone is 2. The second kappa shape index (κ2) is 9.25. The van der Waals surface area contributed by atoms with E-state index in [0.717, 1.165) is 20.9 Å². The van der Waals surface area contributed by atoms with Gasteiger partial charge in [0.25, 0.3) is 0 Å². The lowest BCUT2D eigenvalue weighted by atomic mass is 10.2. The van der Waals surface area contributed by atoms with Gasteiger partial charge in [-0.3, -0.25) is 0 Å². The highest BCUT2D eigenvalue weighted by Crippen LogP contribution is 2.50. The van der Waals surface area contributed by atoms with Gasteiger partial charge >= 0.3 is 0 Å². The van der Waals surface area contributed by atoms with E-state index >= 15 is 0 Å². The van der Waals surface area contributed by atoms with Crippen LogP contribution < -0.4 is 0 Å². The Morgan fingerprint density at radius 3 is 1.37 bits per heavy atom. The van der Waals surface area contributed by atoms with Crippen molar-refractivity contribution >= 4 is 87.6 Å². The third-order valence-electron chi connectivity index (χ3n) is 5.20. The van der Waals surface area contributed by atoms with Crippen LogP contribution in [0.1, 0.15) is 20.9 Å². The second-order valence-electron chi connectivity index (χ2n) is 7.60. The fraction of sp³-hybridized carbons (Fsp3) is 0.0769. The van der Waals surface area contributed by atoms with Crippen LogP contribution in [0.2, 0.25) is 0 Å². The molecule has 4 nitrogen and oxygen atoms in total. The van der Waals surface area contributed by atoms with E-state index in [-0.39, 0.29) is 11.1 Å². The van der Waals surface area contributed by atoms with Gasteiger partial charge in [0.05, 0.1) is 9.40 Å². The van der Waals surface area contributed by atoms with E-state index in [1.165, 1.54) is 38.3 Å². The van der Waals surface area contributed by atoms with E-state index in [0.29, 0.717) is 0 Å². The van der Waals surface area contributed by atoms with Crippen LogP contribution in [0.5, 0.6) is 0 Å². The molecule has 0 atom stereocenters. The van der Waals surface area contributed by atoms with Crippen LogP contribution >= 0.6 is 56.7 Å². The number of nitrogens with zero attached hydrogens (tertiary/aromatic N) is 4. The van der Waals surface area contributed by atoms with Crippen molar-refractivity contribution in [2.75, 3.05) is 0 Å². The molecule has 0 N–H and O–H groups in total. The Morgan fingerprint density at radius 1 is 0.600 bits per heavy atom. The van der Waals surface area contributed by atoms with E-state index in [2.05, 4.69) is 26.0 Å². The number of hydrogen-bond donors (Lipinski definition) is 0. The van der Waals surface area contributed by atoms with Gasteiger partial charge in [0, 0.05) is 38.7 Å². The molecule has 9 heteroatoms. The van der Waals surface area contributed by atoms with Gasteiger partial charge in [-0.1, -0.05) is 0 Å². The number of nitriles is 4. The largest absolute Gasteiger partial charge is 0.192 e. The lowest BCUT2D eigenvalue weighted by molar-refractivity contribution is 1.47. The summed E-state index contributed by atoms with van der Waals surface area (Å²) in [4.78, 5) is 6.54. The van der Waals surface area contributed by atoms with Gasteiger partial charge in [-0.15, -0.1) is 56.7 Å². The van der Waals surface area contributed by atoms with Crippen molar-refractivity contribution < 1.29 is 0 Å². The average Bonchev–Trinajstić information content (AvgIpc) is 3.63. The maximum absolute atomic E-state index is 9.05. The highest BCUT2D eigenvalue weighted by atomic mass is 32.1. The Labute approximate surface area is 221 Å². The summed E-state index contributed by atoms with van der Waals surface area (Å²) in [5, 5.41) is 36.2. The molecule has 5 heterocycles. The minimum atomic E-state index is 0.108. The number of rotatable bonds is 4. The molecule has 0 spiro atoms. The van der Waals surface area contributed by atoms with Crippen molar-refractivity contribution in [1.29, 1.82) is 21.0 Å². The molecule has 5 aromatic rings. The second-order valence-corrected chi connectivity index (χ2v) is 13.0. The molecular formula is C26H12N4S5. The maximum Gasteiger partial charge on any atom is 0.131 e. The first-order chi connectivity index (χ1) is 16.9. The van der Waals surface area contributed by atoms with Crippen molar-refractivity contribution in [3.63, 3.8) is 0 Å². The molecule has 0 aliphatic rings. The van der Waals surface area contributed by atoms with Gasteiger partial charge in [0.1, 0.15) is 35.4 Å². The third kappa shape index (κ3) is 4.22. The van der Waals surface area contributed by atoms with Crippen LogP contribution in [0, 0.1) is 59.2 Å². The molecule has 0 bridgehead atoms. The molecule has 5 rings (SSSR count). The Balaban J connectivity index is 1.54. The Bertz CT molecular complexity index is 1700. The van der Waals surface area contributed by atoms with Crippen molar-refractivity contribution in [3.05, 3.63) is 56.3 Å². The van der Waals surface area contributed by atoms with Crippen molar-refractivity contribution in [2.24, 2.45) is 0 Å². The van der Waals surface area contributed by atoms with E-state index < -0.39 is 0 Å². The van der Waals surface area contributed by atoms with Gasteiger partial charge in [-0.25, -0.2) is 0 Å². The normalized spacial score (nSPS) is 10.5. The summed E-state index contributed by atoms with van der Waals surface area (Å²) in [6, 6.07) is 16.2. The van der Waals surface area contributed by atoms with Crippen LogP contribution in [0.4, 0.5) is 0 Å². The Hall–Kier alpha value is -3.54. The van der Waals surface area contributed by atoms with Crippen LogP contribution in [-0.2, 0) is 0 Å². The van der Waals surface area contributed by atoms with E-state index in [4.69, 9.17) is 21.0 Å². The molecule has 0 amide bonds. The minimum Gasteiger partial charge on any atom is -0.192 e.